The Bertz CT molecular complexity index is 1750. The lowest BCUT2D eigenvalue weighted by Gasteiger charge is -2.28. The van der Waals surface area contributed by atoms with E-state index < -0.39 is 24.3 Å². The van der Waals surface area contributed by atoms with Crippen LogP contribution in [0.1, 0.15) is 54.7 Å². The van der Waals surface area contributed by atoms with Crippen LogP contribution < -0.4 is 9.64 Å². The van der Waals surface area contributed by atoms with E-state index in [9.17, 15) is 24.0 Å². The molecule has 0 radical (unpaired) electrons. The van der Waals surface area contributed by atoms with Crippen LogP contribution in [0.4, 0.5) is 5.69 Å². The number of anilines is 1. The summed E-state index contributed by atoms with van der Waals surface area (Å²) in [6, 6.07) is 25.8. The minimum absolute atomic E-state index is 0.151. The number of ketones is 1. The van der Waals surface area contributed by atoms with Gasteiger partial charge in [0.15, 0.2) is 12.4 Å². The zero-order chi connectivity index (χ0) is 30.4. The van der Waals surface area contributed by atoms with Crippen LogP contribution in [0.15, 0.2) is 96.4 Å². The van der Waals surface area contributed by atoms with Crippen LogP contribution in [-0.4, -0.2) is 36.1 Å². The number of Topliss-reactive ketones (excluding diaryl/α,β-unsaturated/α-hetero) is 1. The van der Waals surface area contributed by atoms with Gasteiger partial charge in [0.1, 0.15) is 10.6 Å². The van der Waals surface area contributed by atoms with E-state index in [1.54, 1.807) is 29.6 Å². The Morgan fingerprint density at radius 3 is 2.16 bits per heavy atom. The summed E-state index contributed by atoms with van der Waals surface area (Å²) in [4.78, 5) is 66.1. The average Bonchev–Trinajstić information content (AvgIpc) is 3.85. The molecule has 2 aliphatic carbocycles. The van der Waals surface area contributed by atoms with E-state index in [4.69, 9.17) is 9.47 Å². The van der Waals surface area contributed by atoms with Gasteiger partial charge in [-0.2, -0.15) is 0 Å². The standard InChI is InChI=1S/C35H27NO7S/c37-28(21-10-14-25(15-11-21)43-35(41)29-7-4-16-44-29)19-42-34(40)22-8-12-24(13-9-22)36-32(38)30-23-17-26(20-5-2-1-3-6-20)27(18-23)31(30)33(36)39/h1-16,23,26-27,30-31H,17-19H2. The number of thiophene rings is 1. The van der Waals surface area contributed by atoms with E-state index >= 15 is 0 Å². The number of carbonyl (C=O) groups is 5. The second-order valence-electron chi connectivity index (χ2n) is 11.4. The summed E-state index contributed by atoms with van der Waals surface area (Å²) in [7, 11) is 0. The van der Waals surface area contributed by atoms with Crippen molar-refractivity contribution in [2.24, 2.45) is 23.7 Å². The fraction of sp³-hybridized carbons (Fsp3) is 0.229. The number of hydrogen-bond acceptors (Lipinski definition) is 8. The fourth-order valence-corrected chi connectivity index (χ4v) is 7.70. The molecule has 220 valence electrons. The molecule has 2 bridgehead atoms. The van der Waals surface area contributed by atoms with E-state index in [1.807, 2.05) is 18.2 Å². The van der Waals surface area contributed by atoms with E-state index in [1.165, 1.54) is 58.2 Å². The Balaban J connectivity index is 0.958. The van der Waals surface area contributed by atoms with Crippen LogP contribution in [0.5, 0.6) is 5.75 Å². The lowest BCUT2D eigenvalue weighted by atomic mass is 9.73. The van der Waals surface area contributed by atoms with Gasteiger partial charge in [-0.1, -0.05) is 36.4 Å². The monoisotopic (exact) mass is 605 g/mol. The molecule has 1 saturated heterocycles. The van der Waals surface area contributed by atoms with E-state index in [0.717, 1.165) is 12.8 Å². The summed E-state index contributed by atoms with van der Waals surface area (Å²) in [5.41, 5.74) is 2.15. The second-order valence-corrected chi connectivity index (χ2v) is 12.4. The molecular formula is C35H27NO7S. The molecule has 1 aromatic heterocycles. The molecule has 4 aromatic rings. The van der Waals surface area contributed by atoms with Gasteiger partial charge in [-0.05, 0) is 96.1 Å². The third-order valence-corrected chi connectivity index (χ3v) is 9.90. The van der Waals surface area contributed by atoms with Gasteiger partial charge in [0.05, 0.1) is 23.1 Å². The minimum atomic E-state index is -0.703. The Labute approximate surface area is 257 Å². The maximum absolute atomic E-state index is 13.6. The summed E-state index contributed by atoms with van der Waals surface area (Å²) in [5, 5.41) is 1.78. The van der Waals surface area contributed by atoms with Crippen LogP contribution in [0, 0.1) is 23.7 Å². The molecule has 3 aliphatic rings. The normalized spacial score (nSPS) is 23.5. The SMILES string of the molecule is O=C(COC(=O)c1ccc(N2C(=O)C3C4CC(c5ccccc5)C(C4)C3C2=O)cc1)c1ccc(OC(=O)c2cccs2)cc1. The minimum Gasteiger partial charge on any atom is -0.454 e. The maximum Gasteiger partial charge on any atom is 0.353 e. The molecule has 7 rings (SSSR count). The third-order valence-electron chi connectivity index (χ3n) is 9.05. The number of fused-ring (bicyclic) bond motifs is 5. The van der Waals surface area contributed by atoms with Crippen molar-refractivity contribution in [1.82, 2.24) is 0 Å². The van der Waals surface area contributed by atoms with Crippen LogP contribution in [0.2, 0.25) is 0 Å². The third kappa shape index (κ3) is 4.93. The Hall–Kier alpha value is -4.89. The quantitative estimate of drug-likeness (QED) is 0.106. The van der Waals surface area contributed by atoms with Crippen molar-refractivity contribution < 1.29 is 33.4 Å². The molecule has 44 heavy (non-hydrogen) atoms. The van der Waals surface area contributed by atoms with Crippen LogP contribution >= 0.6 is 11.3 Å². The van der Waals surface area contributed by atoms with Crippen LogP contribution in [0.3, 0.4) is 0 Å². The number of benzene rings is 3. The van der Waals surface area contributed by atoms with E-state index in [2.05, 4.69) is 12.1 Å². The van der Waals surface area contributed by atoms with E-state index in [-0.39, 0.29) is 47.0 Å². The lowest BCUT2D eigenvalue weighted by Crippen LogP contribution is -2.33. The fourth-order valence-electron chi connectivity index (χ4n) is 7.10. The molecule has 8 nitrogen and oxygen atoms in total. The predicted octanol–water partition coefficient (Wildman–Crippen LogP) is 5.94. The zero-order valence-corrected chi connectivity index (χ0v) is 24.3. The van der Waals surface area contributed by atoms with Crippen LogP contribution in [-0.2, 0) is 14.3 Å². The van der Waals surface area contributed by atoms with Crippen LogP contribution in [0.25, 0.3) is 0 Å². The molecule has 0 spiro atoms. The number of carbonyl (C=O) groups excluding carboxylic acids is 5. The molecule has 2 heterocycles. The van der Waals surface area contributed by atoms with Gasteiger partial charge < -0.3 is 9.47 Å². The molecular weight excluding hydrogens is 578 g/mol. The van der Waals surface area contributed by atoms with Crippen molar-refractivity contribution in [2.45, 2.75) is 18.8 Å². The highest BCUT2D eigenvalue weighted by molar-refractivity contribution is 7.12. The Kier molecular flexibility index (Phi) is 7.18. The van der Waals surface area contributed by atoms with E-state index in [0.29, 0.717) is 21.9 Å². The molecule has 0 N–H and O–H groups in total. The number of esters is 2. The van der Waals surface area contributed by atoms with Gasteiger partial charge in [0, 0.05) is 5.56 Å². The number of rotatable bonds is 8. The molecule has 3 aromatic carbocycles. The lowest BCUT2D eigenvalue weighted by molar-refractivity contribution is -0.123. The first-order valence-electron chi connectivity index (χ1n) is 14.5. The highest BCUT2D eigenvalue weighted by Crippen LogP contribution is 2.61. The smallest absolute Gasteiger partial charge is 0.353 e. The predicted molar refractivity (Wildman–Crippen MR) is 162 cm³/mol. The summed E-state index contributed by atoms with van der Waals surface area (Å²) >= 11 is 1.27. The molecule has 2 amide bonds. The van der Waals surface area contributed by atoms with Crippen molar-refractivity contribution in [3.05, 3.63) is 118 Å². The topological polar surface area (TPSA) is 107 Å². The van der Waals surface area contributed by atoms with Gasteiger partial charge in [-0.25, -0.2) is 9.59 Å². The Morgan fingerprint density at radius 2 is 1.45 bits per heavy atom. The summed E-state index contributed by atoms with van der Waals surface area (Å²) < 4.78 is 10.5. The number of ether oxygens (including phenoxy) is 2. The molecule has 9 heteroatoms. The maximum atomic E-state index is 13.6. The van der Waals surface area contributed by atoms with Gasteiger partial charge in [0.25, 0.3) is 0 Å². The molecule has 1 aliphatic heterocycles. The number of imide groups is 1. The number of amides is 2. The average molecular weight is 606 g/mol. The Morgan fingerprint density at radius 1 is 0.750 bits per heavy atom. The van der Waals surface area contributed by atoms with Gasteiger partial charge >= 0.3 is 11.9 Å². The largest absolute Gasteiger partial charge is 0.454 e. The van der Waals surface area contributed by atoms with Crippen molar-refractivity contribution in [3.8, 4) is 5.75 Å². The highest BCUT2D eigenvalue weighted by atomic mass is 32.1. The van der Waals surface area contributed by atoms with Gasteiger partial charge in [0.2, 0.25) is 11.8 Å². The summed E-state index contributed by atoms with van der Waals surface area (Å²) in [5.74, 6) is -1.61. The van der Waals surface area contributed by atoms with Crippen molar-refractivity contribution >= 4 is 46.6 Å². The molecule has 2 saturated carbocycles. The van der Waals surface area contributed by atoms with Gasteiger partial charge in [-0.15, -0.1) is 11.3 Å². The number of hydrogen-bond donors (Lipinski definition) is 0. The van der Waals surface area contributed by atoms with Crippen molar-refractivity contribution in [2.75, 3.05) is 11.5 Å². The molecule has 5 unspecified atom stereocenters. The highest BCUT2D eigenvalue weighted by Gasteiger charge is 2.64. The second kappa shape index (κ2) is 11.3. The van der Waals surface area contributed by atoms with Crippen molar-refractivity contribution in [3.63, 3.8) is 0 Å². The first kappa shape index (κ1) is 27.9. The molecule has 3 fully saturated rings. The van der Waals surface area contributed by atoms with Crippen molar-refractivity contribution in [1.29, 1.82) is 0 Å². The van der Waals surface area contributed by atoms with Gasteiger partial charge in [-0.3, -0.25) is 19.3 Å². The molecule has 5 atom stereocenters. The number of nitrogens with zero attached hydrogens (tertiary/aromatic N) is 1. The first-order chi connectivity index (χ1) is 21.4. The first-order valence-corrected chi connectivity index (χ1v) is 15.4. The summed E-state index contributed by atoms with van der Waals surface area (Å²) in [6.07, 6.45) is 1.82. The summed E-state index contributed by atoms with van der Waals surface area (Å²) in [6.45, 7) is -0.479. The zero-order valence-electron chi connectivity index (χ0n) is 23.5.